The minimum atomic E-state index is -1.21. The summed E-state index contributed by atoms with van der Waals surface area (Å²) in [4.78, 5) is 88.3. The normalized spacial score (nSPS) is 21.9. The second-order valence-corrected chi connectivity index (χ2v) is 16.5. The van der Waals surface area contributed by atoms with E-state index in [0.717, 1.165) is 23.6 Å². The van der Waals surface area contributed by atoms with Gasteiger partial charge in [-0.15, -0.1) is 0 Å². The van der Waals surface area contributed by atoms with E-state index in [0.29, 0.717) is 30.2 Å². The number of ketones is 1. The van der Waals surface area contributed by atoms with E-state index in [2.05, 4.69) is 26.2 Å². The van der Waals surface area contributed by atoms with E-state index >= 15 is 4.39 Å². The van der Waals surface area contributed by atoms with E-state index < -0.39 is 65.7 Å². The Morgan fingerprint density at radius 1 is 0.968 bits per heavy atom. The van der Waals surface area contributed by atoms with Crippen LogP contribution in [0, 0.1) is 11.7 Å². The second kappa shape index (κ2) is 19.3. The van der Waals surface area contributed by atoms with Gasteiger partial charge in [0.1, 0.15) is 42.4 Å². The van der Waals surface area contributed by atoms with Crippen LogP contribution < -0.4 is 46.3 Å². The molecular formula is C44H54FN9O9. The number of piperazine rings is 1. The second-order valence-electron chi connectivity index (χ2n) is 16.5. The maximum absolute atomic E-state index is 15.9. The van der Waals surface area contributed by atoms with Crippen LogP contribution in [0.2, 0.25) is 0 Å². The number of fused-ring (bicyclic) bond motifs is 1. The number of rotatable bonds is 9. The highest BCUT2D eigenvalue weighted by molar-refractivity contribution is 6.16. The molecule has 0 radical (unpaired) electrons. The first-order valence-electron chi connectivity index (χ1n) is 21.1. The lowest BCUT2D eigenvalue weighted by Crippen LogP contribution is -2.54. The number of aromatic hydroxyl groups is 1. The van der Waals surface area contributed by atoms with Gasteiger partial charge < -0.3 is 61.2 Å². The van der Waals surface area contributed by atoms with Gasteiger partial charge in [0.25, 0.3) is 5.91 Å². The number of nitrogens with two attached hydrogens (primary N) is 1. The maximum atomic E-state index is 15.9. The number of halogens is 1. The van der Waals surface area contributed by atoms with Crippen LogP contribution in [0.25, 0.3) is 0 Å². The van der Waals surface area contributed by atoms with Crippen LogP contribution in [0.15, 0.2) is 48.5 Å². The third-order valence-electron chi connectivity index (χ3n) is 11.8. The molecule has 0 bridgehead atoms. The molecule has 336 valence electrons. The summed E-state index contributed by atoms with van der Waals surface area (Å²) in [5, 5.41) is 20.8. The predicted octanol–water partition coefficient (Wildman–Crippen LogP) is 0.853. The van der Waals surface area contributed by atoms with Gasteiger partial charge in [-0.25, -0.2) is 4.39 Å². The van der Waals surface area contributed by atoms with Crippen molar-refractivity contribution < 1.29 is 47.7 Å². The number of nitrogens with zero attached hydrogens (tertiary/aromatic N) is 4. The molecule has 5 amide bonds. The molecule has 4 aliphatic rings. The standard InChI is InChI=1S/C44H54FN9O9/c1-25-23-63-41-38-31(20-33(45)39(41)53-16-14-51(2)15-17-53)40(58)32(21-54(25)38)44(61)52(3)22-37(57)48-27-6-9-35-30(19-27)42(59)47-13-11-36(56)50-34(10-12-46)43(60)49-28(24-62-35)18-26-4-7-29(55)8-5-26/h4-9,19-20,25,28,32,34,55H,10-18,21-24,46H2,1-3H3,(H,47,59)(H,48,57)(H,49,60)(H,50,56)/t25?,28-,32?,34+/m1/s1. The van der Waals surface area contributed by atoms with Gasteiger partial charge in [-0.2, -0.15) is 0 Å². The Morgan fingerprint density at radius 3 is 2.44 bits per heavy atom. The van der Waals surface area contributed by atoms with E-state index in [-0.39, 0.29) is 86.5 Å². The smallest absolute Gasteiger partial charge is 0.255 e. The number of likely N-dealkylation sites (N-methyl/N-ethyl adjacent to an activating group) is 2. The summed E-state index contributed by atoms with van der Waals surface area (Å²) in [5.41, 5.74) is 7.59. The molecule has 19 heteroatoms. The zero-order valence-electron chi connectivity index (χ0n) is 35.6. The first-order chi connectivity index (χ1) is 30.2. The summed E-state index contributed by atoms with van der Waals surface area (Å²) in [6, 6.07) is 10.2. The quantitative estimate of drug-likeness (QED) is 0.164. The summed E-state index contributed by atoms with van der Waals surface area (Å²) in [7, 11) is 3.41. The van der Waals surface area contributed by atoms with Gasteiger partial charge in [0.15, 0.2) is 17.3 Å². The van der Waals surface area contributed by atoms with Crippen LogP contribution >= 0.6 is 0 Å². The molecule has 4 heterocycles. The average molecular weight is 872 g/mol. The zero-order chi connectivity index (χ0) is 44.9. The fourth-order valence-corrected chi connectivity index (χ4v) is 8.30. The topological polar surface area (TPSA) is 228 Å². The summed E-state index contributed by atoms with van der Waals surface area (Å²) in [6.45, 7) is 4.34. The molecule has 0 spiro atoms. The number of ether oxygens (including phenoxy) is 2. The molecule has 0 aromatic heterocycles. The molecule has 3 aromatic carbocycles. The number of anilines is 3. The van der Waals surface area contributed by atoms with E-state index in [1.54, 1.807) is 12.1 Å². The Bertz CT molecular complexity index is 2250. The molecule has 0 saturated carbocycles. The fraction of sp³-hybridized carbons (Fsp3) is 0.455. The van der Waals surface area contributed by atoms with Crippen LogP contribution in [-0.2, 0) is 25.6 Å². The monoisotopic (exact) mass is 871 g/mol. The van der Waals surface area contributed by atoms with Crippen LogP contribution in [0.1, 0.15) is 46.0 Å². The number of carbonyl (C=O) groups is 6. The number of benzene rings is 3. The third-order valence-corrected chi connectivity index (χ3v) is 11.8. The van der Waals surface area contributed by atoms with Crippen molar-refractivity contribution in [3.63, 3.8) is 0 Å². The van der Waals surface area contributed by atoms with Gasteiger partial charge in [0.2, 0.25) is 23.6 Å². The van der Waals surface area contributed by atoms with Crippen molar-refractivity contribution in [3.05, 3.63) is 71.0 Å². The van der Waals surface area contributed by atoms with E-state index in [4.69, 9.17) is 15.2 Å². The number of phenols is 1. The van der Waals surface area contributed by atoms with Crippen molar-refractivity contribution in [1.82, 2.24) is 25.8 Å². The fourth-order valence-electron chi connectivity index (χ4n) is 8.30. The number of hydrogen-bond acceptors (Lipinski definition) is 13. The lowest BCUT2D eigenvalue weighted by Gasteiger charge is -2.45. The summed E-state index contributed by atoms with van der Waals surface area (Å²) < 4.78 is 28.2. The maximum Gasteiger partial charge on any atom is 0.255 e. The number of hydrogen-bond donors (Lipinski definition) is 6. The largest absolute Gasteiger partial charge is 0.508 e. The Labute approximate surface area is 364 Å². The molecule has 2 unspecified atom stereocenters. The Balaban J connectivity index is 1.05. The highest BCUT2D eigenvalue weighted by Crippen LogP contribution is 2.49. The number of amides is 5. The van der Waals surface area contributed by atoms with Crippen molar-refractivity contribution in [3.8, 4) is 17.2 Å². The van der Waals surface area contributed by atoms with Gasteiger partial charge in [0, 0.05) is 64.0 Å². The lowest BCUT2D eigenvalue weighted by atomic mass is 9.87. The Morgan fingerprint density at radius 2 is 1.71 bits per heavy atom. The molecule has 7 rings (SSSR count). The molecule has 4 aliphatic heterocycles. The molecular weight excluding hydrogens is 818 g/mol. The molecule has 0 aliphatic carbocycles. The molecule has 7 N–H and O–H groups in total. The molecule has 3 aromatic rings. The third kappa shape index (κ3) is 10.1. The van der Waals surface area contributed by atoms with Crippen molar-refractivity contribution >= 4 is 52.4 Å². The summed E-state index contributed by atoms with van der Waals surface area (Å²) >= 11 is 0. The molecule has 18 nitrogen and oxygen atoms in total. The SMILES string of the molecule is CC1COc2c(N3CCN(C)CC3)c(F)cc3c2N1CC(C(=O)N(C)CC(=O)Nc1ccc2c(c1)C(=O)NCCC(=O)N[C@@H](CCN)C(=O)N[C@H](Cc1ccc(O)cc1)CO2)C3=O. The van der Waals surface area contributed by atoms with Crippen molar-refractivity contribution in [2.75, 3.05) is 94.8 Å². The molecule has 1 fully saturated rings. The number of Topliss-reactive ketones (excluding diaryl/α,β-unsaturated/α-hetero) is 1. The minimum Gasteiger partial charge on any atom is -0.508 e. The van der Waals surface area contributed by atoms with Crippen molar-refractivity contribution in [2.45, 2.75) is 44.3 Å². The predicted molar refractivity (Wildman–Crippen MR) is 231 cm³/mol. The first kappa shape index (κ1) is 44.6. The van der Waals surface area contributed by atoms with Gasteiger partial charge in [-0.1, -0.05) is 12.1 Å². The molecule has 63 heavy (non-hydrogen) atoms. The highest BCUT2D eigenvalue weighted by atomic mass is 19.1. The summed E-state index contributed by atoms with van der Waals surface area (Å²) in [6.07, 6.45) is 0.313. The van der Waals surface area contributed by atoms with E-state index in [1.165, 1.54) is 43.4 Å². The average Bonchev–Trinajstić information content (AvgIpc) is 3.25. The van der Waals surface area contributed by atoms with Crippen molar-refractivity contribution in [1.29, 1.82) is 0 Å². The number of phenolic OH excluding ortho intramolecular Hbond substituents is 1. The van der Waals surface area contributed by atoms with Gasteiger partial charge in [0.05, 0.1) is 29.9 Å². The van der Waals surface area contributed by atoms with Gasteiger partial charge >= 0.3 is 0 Å². The summed E-state index contributed by atoms with van der Waals surface area (Å²) in [5.74, 6) is -4.63. The minimum absolute atomic E-state index is 0.0251. The lowest BCUT2D eigenvalue weighted by molar-refractivity contribution is -0.135. The number of carbonyl (C=O) groups excluding carboxylic acids is 6. The van der Waals surface area contributed by atoms with Gasteiger partial charge in [-0.3, -0.25) is 28.8 Å². The number of nitrogens with one attached hydrogen (secondary N) is 4. The molecule has 4 atom stereocenters. The molecule has 1 saturated heterocycles. The van der Waals surface area contributed by atoms with E-state index in [1.807, 2.05) is 23.8 Å². The zero-order valence-corrected chi connectivity index (χ0v) is 35.6. The Hall–Kier alpha value is -6.47. The van der Waals surface area contributed by atoms with Crippen LogP contribution in [0.5, 0.6) is 17.2 Å². The van der Waals surface area contributed by atoms with Crippen LogP contribution in [0.4, 0.5) is 21.5 Å². The first-order valence-corrected chi connectivity index (χ1v) is 21.1. The van der Waals surface area contributed by atoms with Crippen molar-refractivity contribution in [2.24, 2.45) is 11.7 Å². The van der Waals surface area contributed by atoms with Crippen LogP contribution in [-0.4, -0.2) is 148 Å². The highest BCUT2D eigenvalue weighted by Gasteiger charge is 2.45. The Kier molecular flexibility index (Phi) is 13.6. The van der Waals surface area contributed by atoms with Gasteiger partial charge in [-0.05, 0) is 75.3 Å². The van der Waals surface area contributed by atoms with Crippen LogP contribution in [0.3, 0.4) is 0 Å². The van der Waals surface area contributed by atoms with E-state index in [9.17, 15) is 33.9 Å².